The Labute approximate surface area is 160 Å². The minimum absolute atomic E-state index is 0.502. The zero-order valence-electron chi connectivity index (χ0n) is 15.1. The van der Waals surface area contributed by atoms with Crippen LogP contribution in [-0.4, -0.2) is 37.0 Å². The molecule has 0 aliphatic rings. The zero-order valence-corrected chi connectivity index (χ0v) is 15.1. The Morgan fingerprint density at radius 2 is 1.86 bits per heavy atom. The van der Waals surface area contributed by atoms with E-state index in [0.717, 1.165) is 33.7 Å². The molecule has 0 fully saturated rings. The van der Waals surface area contributed by atoms with Crippen LogP contribution in [0.3, 0.4) is 0 Å². The molecule has 2 aromatic carbocycles. The molecular weight excluding hydrogens is 354 g/mol. The van der Waals surface area contributed by atoms with Gasteiger partial charge in [-0.05, 0) is 36.4 Å². The molecule has 0 aliphatic heterocycles. The van der Waals surface area contributed by atoms with Gasteiger partial charge in [0, 0.05) is 5.56 Å². The average Bonchev–Trinajstić information content (AvgIpc) is 3.38. The first-order valence-corrected chi connectivity index (χ1v) is 8.83. The zero-order chi connectivity index (χ0) is 18.9. The minimum atomic E-state index is 0.502. The van der Waals surface area contributed by atoms with Crippen LogP contribution in [0.5, 0.6) is 5.75 Å². The Morgan fingerprint density at radius 3 is 2.68 bits per heavy atom. The lowest BCUT2D eigenvalue weighted by molar-refractivity contribution is 0.415. The topological polar surface area (TPSA) is 104 Å². The number of methoxy groups -OCH3 is 1. The second-order valence-corrected chi connectivity index (χ2v) is 6.28. The smallest absolute Gasteiger partial charge is 0.183 e. The number of hydrogen-bond acceptors (Lipinski definition) is 6. The molecule has 8 heteroatoms. The number of nitrogens with zero attached hydrogens (tertiary/aromatic N) is 4. The van der Waals surface area contributed by atoms with Crippen molar-refractivity contribution in [2.45, 2.75) is 6.54 Å². The first-order valence-electron chi connectivity index (χ1n) is 8.83. The highest BCUT2D eigenvalue weighted by Gasteiger charge is 2.12. The lowest BCUT2D eigenvalue weighted by Crippen LogP contribution is -2.05. The molecule has 5 aromatic rings. The number of fused-ring (bicyclic) bond motifs is 2. The van der Waals surface area contributed by atoms with Crippen molar-refractivity contribution in [3.05, 3.63) is 60.7 Å². The van der Waals surface area contributed by atoms with E-state index in [1.165, 1.54) is 0 Å². The van der Waals surface area contributed by atoms with Crippen LogP contribution in [-0.2, 0) is 6.54 Å². The number of imidazole rings is 2. The summed E-state index contributed by atoms with van der Waals surface area (Å²) in [6.45, 7) is 0.502. The molecule has 3 aromatic heterocycles. The van der Waals surface area contributed by atoms with Crippen molar-refractivity contribution in [3.8, 4) is 17.1 Å². The summed E-state index contributed by atoms with van der Waals surface area (Å²) in [6, 6.07) is 15.6. The largest absolute Gasteiger partial charge is 0.497 e. The summed E-state index contributed by atoms with van der Waals surface area (Å²) < 4.78 is 5.22. The number of anilines is 1. The fourth-order valence-corrected chi connectivity index (χ4v) is 3.09. The number of hydrogen-bond donors (Lipinski definition) is 3. The Kier molecular flexibility index (Phi) is 3.86. The van der Waals surface area contributed by atoms with Gasteiger partial charge >= 0.3 is 0 Å². The summed E-state index contributed by atoms with van der Waals surface area (Å²) in [5.41, 5.74) is 4.19. The van der Waals surface area contributed by atoms with E-state index < -0.39 is 0 Å². The SMILES string of the molecule is COc1ccc(-c2nc(NCc3nc4ccccc4[nH]3)c3[nH]cnc3n2)cc1. The maximum atomic E-state index is 5.22. The summed E-state index contributed by atoms with van der Waals surface area (Å²) in [5, 5.41) is 3.34. The van der Waals surface area contributed by atoms with Gasteiger partial charge in [-0.15, -0.1) is 0 Å². The van der Waals surface area contributed by atoms with E-state index in [2.05, 4.69) is 30.2 Å². The average molecular weight is 371 g/mol. The number of H-pyrrole nitrogens is 2. The second kappa shape index (κ2) is 6.66. The predicted octanol–water partition coefficient (Wildman–Crippen LogP) is 3.52. The second-order valence-electron chi connectivity index (χ2n) is 6.28. The van der Waals surface area contributed by atoms with E-state index in [1.54, 1.807) is 13.4 Å². The van der Waals surface area contributed by atoms with Gasteiger partial charge in [-0.1, -0.05) is 12.1 Å². The number of benzene rings is 2. The molecule has 0 amide bonds. The third-order valence-electron chi connectivity index (χ3n) is 4.50. The molecule has 0 saturated carbocycles. The van der Waals surface area contributed by atoms with Gasteiger partial charge in [0.2, 0.25) is 0 Å². The molecule has 0 radical (unpaired) electrons. The van der Waals surface area contributed by atoms with E-state index in [4.69, 9.17) is 9.72 Å². The quantitative estimate of drug-likeness (QED) is 0.437. The summed E-state index contributed by atoms with van der Waals surface area (Å²) >= 11 is 0. The number of aromatic nitrogens is 6. The van der Waals surface area contributed by atoms with E-state index >= 15 is 0 Å². The number of nitrogens with one attached hydrogen (secondary N) is 3. The highest BCUT2D eigenvalue weighted by Crippen LogP contribution is 2.24. The monoisotopic (exact) mass is 371 g/mol. The Balaban J connectivity index is 1.48. The van der Waals surface area contributed by atoms with Gasteiger partial charge in [-0.25, -0.2) is 19.9 Å². The normalized spacial score (nSPS) is 11.2. The van der Waals surface area contributed by atoms with E-state index in [9.17, 15) is 0 Å². The van der Waals surface area contributed by atoms with Crippen LogP contribution >= 0.6 is 0 Å². The summed E-state index contributed by atoms with van der Waals surface area (Å²) in [4.78, 5) is 24.5. The summed E-state index contributed by atoms with van der Waals surface area (Å²) in [5.74, 6) is 2.88. The molecule has 138 valence electrons. The molecule has 0 atom stereocenters. The molecule has 0 spiro atoms. The van der Waals surface area contributed by atoms with Crippen molar-refractivity contribution in [1.29, 1.82) is 0 Å². The lowest BCUT2D eigenvalue weighted by atomic mass is 10.2. The van der Waals surface area contributed by atoms with Crippen LogP contribution in [0, 0.1) is 0 Å². The van der Waals surface area contributed by atoms with Crippen molar-refractivity contribution >= 4 is 28.0 Å². The van der Waals surface area contributed by atoms with Gasteiger partial charge < -0.3 is 20.0 Å². The summed E-state index contributed by atoms with van der Waals surface area (Å²) in [7, 11) is 1.64. The number of ether oxygens (including phenoxy) is 1. The van der Waals surface area contributed by atoms with Gasteiger partial charge in [0.25, 0.3) is 0 Å². The van der Waals surface area contributed by atoms with Crippen LogP contribution in [0.15, 0.2) is 54.9 Å². The van der Waals surface area contributed by atoms with Crippen molar-refractivity contribution in [3.63, 3.8) is 0 Å². The van der Waals surface area contributed by atoms with Gasteiger partial charge in [0.05, 0.1) is 31.0 Å². The highest BCUT2D eigenvalue weighted by molar-refractivity contribution is 5.84. The molecular formula is C20H17N7O. The maximum absolute atomic E-state index is 5.22. The van der Waals surface area contributed by atoms with Gasteiger partial charge in [-0.3, -0.25) is 0 Å². The molecule has 8 nitrogen and oxygen atoms in total. The van der Waals surface area contributed by atoms with Crippen molar-refractivity contribution in [2.24, 2.45) is 0 Å². The third-order valence-corrected chi connectivity index (χ3v) is 4.50. The van der Waals surface area contributed by atoms with E-state index in [0.29, 0.717) is 23.8 Å². The van der Waals surface area contributed by atoms with Crippen LogP contribution in [0.25, 0.3) is 33.6 Å². The van der Waals surface area contributed by atoms with Crippen LogP contribution in [0.4, 0.5) is 5.82 Å². The standard InChI is InChI=1S/C20H17N7O/c1-28-13-8-6-12(7-9-13)18-26-19(17-20(27-18)23-11-22-17)21-10-16-24-14-4-2-3-5-15(14)25-16/h2-9,11H,10H2,1H3,(H,24,25)(H2,21,22,23,26,27). The molecule has 0 unspecified atom stereocenters. The molecule has 3 heterocycles. The van der Waals surface area contributed by atoms with Crippen molar-refractivity contribution in [2.75, 3.05) is 12.4 Å². The number of para-hydroxylation sites is 2. The molecule has 5 rings (SSSR count). The van der Waals surface area contributed by atoms with Crippen LogP contribution in [0.1, 0.15) is 5.82 Å². The first-order chi connectivity index (χ1) is 13.8. The summed E-state index contributed by atoms with van der Waals surface area (Å²) in [6.07, 6.45) is 1.61. The number of rotatable bonds is 5. The van der Waals surface area contributed by atoms with Crippen molar-refractivity contribution < 1.29 is 4.74 Å². The van der Waals surface area contributed by atoms with Gasteiger partial charge in [0.1, 0.15) is 17.1 Å². The first kappa shape index (κ1) is 16.2. The molecule has 28 heavy (non-hydrogen) atoms. The van der Waals surface area contributed by atoms with E-state index in [-0.39, 0.29) is 0 Å². The van der Waals surface area contributed by atoms with Crippen molar-refractivity contribution in [1.82, 2.24) is 29.9 Å². The minimum Gasteiger partial charge on any atom is -0.497 e. The fraction of sp³-hybridized carbons (Fsp3) is 0.100. The highest BCUT2D eigenvalue weighted by atomic mass is 16.5. The Bertz CT molecular complexity index is 1220. The fourth-order valence-electron chi connectivity index (χ4n) is 3.09. The van der Waals surface area contributed by atoms with Crippen LogP contribution in [0.2, 0.25) is 0 Å². The molecule has 0 saturated heterocycles. The third kappa shape index (κ3) is 2.90. The predicted molar refractivity (Wildman–Crippen MR) is 107 cm³/mol. The Morgan fingerprint density at radius 1 is 1.00 bits per heavy atom. The van der Waals surface area contributed by atoms with Crippen LogP contribution < -0.4 is 10.1 Å². The van der Waals surface area contributed by atoms with Gasteiger partial charge in [0.15, 0.2) is 17.3 Å². The number of aromatic amines is 2. The maximum Gasteiger partial charge on any atom is 0.183 e. The molecule has 0 aliphatic carbocycles. The lowest BCUT2D eigenvalue weighted by Gasteiger charge is -2.08. The Hall–Kier alpha value is -3.94. The van der Waals surface area contributed by atoms with Gasteiger partial charge in [-0.2, -0.15) is 0 Å². The molecule has 3 N–H and O–H groups in total. The van der Waals surface area contributed by atoms with E-state index in [1.807, 2.05) is 48.5 Å². The molecule has 0 bridgehead atoms.